The predicted octanol–water partition coefficient (Wildman–Crippen LogP) is 6.61. The van der Waals surface area contributed by atoms with Gasteiger partial charge in [-0.1, -0.05) is 48.0 Å². The van der Waals surface area contributed by atoms with Crippen molar-refractivity contribution < 1.29 is 18.8 Å². The minimum absolute atomic E-state index is 0.0951. The van der Waals surface area contributed by atoms with E-state index < -0.39 is 7.60 Å². The summed E-state index contributed by atoms with van der Waals surface area (Å²) in [6.45, 7) is 6.52. The highest BCUT2D eigenvalue weighted by atomic mass is 79.9. The summed E-state index contributed by atoms with van der Waals surface area (Å²) in [6.07, 6.45) is 6.87. The molecule has 0 saturated heterocycles. The van der Waals surface area contributed by atoms with Crippen molar-refractivity contribution in [2.75, 3.05) is 24.6 Å². The lowest BCUT2D eigenvalue weighted by Gasteiger charge is -2.14. The first-order valence-electron chi connectivity index (χ1n) is 12.1. The lowest BCUT2D eigenvalue weighted by Crippen LogP contribution is -2.16. The lowest BCUT2D eigenvalue weighted by molar-refractivity contribution is 0.371. The minimum atomic E-state index is -3.93. The molecule has 4 N–H and O–H groups in total. The smallest absolute Gasteiger partial charge is 0.325 e. The van der Waals surface area contributed by atoms with E-state index in [1.807, 2.05) is 6.07 Å². The summed E-state index contributed by atoms with van der Waals surface area (Å²) in [4.78, 5) is 18.0. The van der Waals surface area contributed by atoms with Crippen LogP contribution in [0.4, 0.5) is 5.69 Å². The van der Waals surface area contributed by atoms with Crippen molar-refractivity contribution in [3.63, 3.8) is 0 Å². The third-order valence-corrected chi connectivity index (χ3v) is 7.39. The van der Waals surface area contributed by atoms with E-state index >= 15 is 0 Å². The highest BCUT2D eigenvalue weighted by Gasteiger charge is 2.12. The summed E-state index contributed by atoms with van der Waals surface area (Å²) >= 11 is 3.73. The Morgan fingerprint density at radius 3 is 2.51 bits per heavy atom. The molecule has 1 aromatic heterocycles. The Morgan fingerprint density at radius 1 is 1.03 bits per heavy atom. The van der Waals surface area contributed by atoms with E-state index in [4.69, 9.17) is 14.2 Å². The van der Waals surface area contributed by atoms with E-state index in [1.165, 1.54) is 15.6 Å². The topological polar surface area (TPSA) is 94.7 Å². The number of aryl methyl sites for hydroxylation is 1. The van der Waals surface area contributed by atoms with Gasteiger partial charge in [0.15, 0.2) is 0 Å². The van der Waals surface area contributed by atoms with Crippen molar-refractivity contribution in [1.82, 2.24) is 5.32 Å². The third-order valence-electron chi connectivity index (χ3n) is 5.75. The fourth-order valence-corrected chi connectivity index (χ4v) is 5.18. The van der Waals surface area contributed by atoms with E-state index in [0.717, 1.165) is 48.2 Å². The van der Waals surface area contributed by atoms with Crippen LogP contribution in [0.3, 0.4) is 0 Å². The van der Waals surface area contributed by atoms with Crippen LogP contribution in [0, 0.1) is 5.92 Å². The molecule has 3 aromatic rings. The monoisotopic (exact) mass is 562 g/mol. The molecule has 0 aliphatic rings. The maximum absolute atomic E-state index is 11.0. The molecule has 0 amide bonds. The summed E-state index contributed by atoms with van der Waals surface area (Å²) in [5.41, 5.74) is 6.96. The van der Waals surface area contributed by atoms with Crippen LogP contribution in [0.2, 0.25) is 0 Å². The van der Waals surface area contributed by atoms with Crippen molar-refractivity contribution >= 4 is 29.2 Å². The van der Waals surface area contributed by atoms with E-state index in [9.17, 15) is 4.57 Å². The van der Waals surface area contributed by atoms with E-state index in [-0.39, 0.29) is 6.16 Å². The number of hydrogen-bond donors (Lipinski definition) is 4. The SMILES string of the molecule is CC(C)Cc1ccc(CCCNc2ccc(CNCCCP(=O)(O)O)cc2-c2ccoc2)cc1Br. The average Bonchev–Trinajstić information content (AvgIpc) is 3.32. The Balaban J connectivity index is 1.55. The molecule has 0 unspecified atom stereocenters. The number of nitrogens with one attached hydrogen (secondary N) is 2. The van der Waals surface area contributed by atoms with Gasteiger partial charge >= 0.3 is 7.60 Å². The van der Waals surface area contributed by atoms with E-state index in [0.29, 0.717) is 25.4 Å². The quantitative estimate of drug-likeness (QED) is 0.130. The van der Waals surface area contributed by atoms with Crippen LogP contribution >= 0.6 is 23.5 Å². The highest BCUT2D eigenvalue weighted by Crippen LogP contribution is 2.34. The molecule has 0 aliphatic heterocycles. The lowest BCUT2D eigenvalue weighted by atomic mass is 10.0. The molecule has 0 aliphatic carbocycles. The molecule has 0 saturated carbocycles. The van der Waals surface area contributed by atoms with Gasteiger partial charge in [0.25, 0.3) is 0 Å². The Labute approximate surface area is 216 Å². The van der Waals surface area contributed by atoms with Gasteiger partial charge in [-0.05, 0) is 79.1 Å². The van der Waals surface area contributed by atoms with Gasteiger partial charge in [0.2, 0.25) is 0 Å². The summed E-state index contributed by atoms with van der Waals surface area (Å²) in [7, 11) is -3.93. The number of benzene rings is 2. The summed E-state index contributed by atoms with van der Waals surface area (Å²) in [6, 6.07) is 15.0. The second-order valence-corrected chi connectivity index (χ2v) is 12.0. The van der Waals surface area contributed by atoms with Crippen LogP contribution in [0.15, 0.2) is 63.9 Å². The van der Waals surface area contributed by atoms with Gasteiger partial charge in [-0.3, -0.25) is 4.57 Å². The van der Waals surface area contributed by atoms with Gasteiger partial charge in [0.05, 0.1) is 18.7 Å². The van der Waals surface area contributed by atoms with Crippen LogP contribution in [0.5, 0.6) is 0 Å². The van der Waals surface area contributed by atoms with E-state index in [1.54, 1.807) is 12.5 Å². The van der Waals surface area contributed by atoms with Crippen LogP contribution < -0.4 is 10.6 Å². The predicted molar refractivity (Wildman–Crippen MR) is 147 cm³/mol. The van der Waals surface area contributed by atoms with Crippen LogP contribution in [-0.2, 0) is 24.0 Å². The molecular formula is C27H36BrN2O4P. The Bertz CT molecular complexity index is 1110. The van der Waals surface area contributed by atoms with Crippen molar-refractivity contribution in [2.45, 2.75) is 46.1 Å². The van der Waals surface area contributed by atoms with Crippen molar-refractivity contribution in [3.8, 4) is 11.1 Å². The van der Waals surface area contributed by atoms with Crippen molar-refractivity contribution in [1.29, 1.82) is 0 Å². The molecule has 3 rings (SSSR count). The van der Waals surface area contributed by atoms with E-state index in [2.05, 4.69) is 76.8 Å². The number of rotatable bonds is 14. The maximum atomic E-state index is 11.0. The molecule has 0 bridgehead atoms. The molecule has 8 heteroatoms. The van der Waals surface area contributed by atoms with Gasteiger partial charge in [-0.2, -0.15) is 0 Å². The summed E-state index contributed by atoms with van der Waals surface area (Å²) in [5, 5.41) is 6.85. The molecule has 35 heavy (non-hydrogen) atoms. The zero-order valence-corrected chi connectivity index (χ0v) is 22.9. The van der Waals surface area contributed by atoms with Gasteiger partial charge in [0, 0.05) is 34.4 Å². The first kappa shape index (κ1) is 27.7. The third kappa shape index (κ3) is 9.59. The molecule has 190 valence electrons. The minimum Gasteiger partial charge on any atom is -0.472 e. The van der Waals surface area contributed by atoms with Crippen LogP contribution in [0.1, 0.15) is 43.4 Å². The Kier molecular flexibility index (Phi) is 10.6. The van der Waals surface area contributed by atoms with Gasteiger partial charge in [0.1, 0.15) is 0 Å². The van der Waals surface area contributed by atoms with Gasteiger partial charge in [-0.25, -0.2) is 0 Å². The molecule has 0 spiro atoms. The summed E-state index contributed by atoms with van der Waals surface area (Å²) < 4.78 is 17.5. The first-order valence-corrected chi connectivity index (χ1v) is 14.7. The second-order valence-electron chi connectivity index (χ2n) is 9.36. The fourth-order valence-electron chi connectivity index (χ4n) is 4.02. The van der Waals surface area contributed by atoms with Crippen molar-refractivity contribution in [3.05, 3.63) is 76.2 Å². The number of anilines is 1. The van der Waals surface area contributed by atoms with Gasteiger partial charge < -0.3 is 24.8 Å². The average molecular weight is 563 g/mol. The fraction of sp³-hybridized carbons (Fsp3) is 0.407. The standard InChI is InChI=1S/C27H36BrN2O4P/c1-20(2)15-23-8-6-21(17-26(23)28)5-3-12-30-27-9-7-22(16-25(27)24-10-13-34-19-24)18-29-11-4-14-35(31,32)33/h6-10,13,16-17,19-20,29-30H,3-5,11-12,14-15,18H2,1-2H3,(H2,31,32,33). The maximum Gasteiger partial charge on any atom is 0.325 e. The normalized spacial score (nSPS) is 11.8. The Morgan fingerprint density at radius 2 is 1.83 bits per heavy atom. The number of halogens is 1. The largest absolute Gasteiger partial charge is 0.472 e. The van der Waals surface area contributed by atoms with Gasteiger partial charge in [-0.15, -0.1) is 0 Å². The zero-order chi connectivity index (χ0) is 25.3. The first-order chi connectivity index (χ1) is 16.7. The highest BCUT2D eigenvalue weighted by molar-refractivity contribution is 9.10. The van der Waals surface area contributed by atoms with Crippen LogP contribution in [-0.4, -0.2) is 29.0 Å². The summed E-state index contributed by atoms with van der Waals surface area (Å²) in [5.74, 6) is 0.640. The molecule has 0 fully saturated rings. The molecule has 2 aromatic carbocycles. The molecule has 1 heterocycles. The molecule has 0 atom stereocenters. The number of hydrogen-bond acceptors (Lipinski definition) is 4. The Hall–Kier alpha value is -1.89. The van der Waals surface area contributed by atoms with Crippen molar-refractivity contribution in [2.24, 2.45) is 5.92 Å². The second kappa shape index (κ2) is 13.4. The molecular weight excluding hydrogens is 527 g/mol. The van der Waals surface area contributed by atoms with Crippen LogP contribution in [0.25, 0.3) is 11.1 Å². The number of furan rings is 1. The molecule has 6 nitrogen and oxygen atoms in total. The molecule has 0 radical (unpaired) electrons. The zero-order valence-electron chi connectivity index (χ0n) is 20.5.